The van der Waals surface area contributed by atoms with Gasteiger partial charge in [0.1, 0.15) is 5.82 Å². The lowest BCUT2D eigenvalue weighted by Gasteiger charge is -2.23. The van der Waals surface area contributed by atoms with E-state index in [4.69, 9.17) is 11.6 Å². The molecule has 2 heterocycles. The summed E-state index contributed by atoms with van der Waals surface area (Å²) in [5.41, 5.74) is 1.38. The number of carbonyl (C=O) groups is 1. The molecule has 1 amide bonds. The first-order chi connectivity index (χ1) is 10.6. The predicted molar refractivity (Wildman–Crippen MR) is 87.9 cm³/mol. The number of anilines is 1. The molecule has 1 aromatic heterocycles. The molecule has 22 heavy (non-hydrogen) atoms. The number of hydrogen-bond donors (Lipinski definition) is 1. The van der Waals surface area contributed by atoms with Gasteiger partial charge in [-0.25, -0.2) is 4.39 Å². The number of thiophene rings is 1. The second kappa shape index (κ2) is 6.77. The molecule has 1 aliphatic rings. The van der Waals surface area contributed by atoms with Gasteiger partial charge < -0.3 is 5.32 Å². The van der Waals surface area contributed by atoms with E-state index in [0.717, 1.165) is 19.4 Å². The highest BCUT2D eigenvalue weighted by atomic mass is 35.5. The first kappa shape index (κ1) is 15.5. The molecule has 0 spiro atoms. The maximum absolute atomic E-state index is 13.7. The van der Waals surface area contributed by atoms with Gasteiger partial charge in [0.2, 0.25) is 5.91 Å². The van der Waals surface area contributed by atoms with Crippen molar-refractivity contribution in [2.75, 3.05) is 18.4 Å². The zero-order valence-electron chi connectivity index (χ0n) is 11.9. The van der Waals surface area contributed by atoms with Crippen LogP contribution in [0.5, 0.6) is 0 Å². The van der Waals surface area contributed by atoms with E-state index in [-0.39, 0.29) is 24.2 Å². The van der Waals surface area contributed by atoms with E-state index in [1.54, 1.807) is 11.3 Å². The lowest BCUT2D eigenvalue weighted by molar-refractivity contribution is -0.117. The fraction of sp³-hybridized carbons (Fsp3) is 0.312. The van der Waals surface area contributed by atoms with Crippen LogP contribution in [-0.4, -0.2) is 23.9 Å². The van der Waals surface area contributed by atoms with Gasteiger partial charge >= 0.3 is 0 Å². The van der Waals surface area contributed by atoms with E-state index >= 15 is 0 Å². The molecular weight excluding hydrogens is 323 g/mol. The SMILES string of the molecule is O=C(CN1CCCC1c1ccsc1)Nc1cc(Cl)ccc1F. The molecule has 0 radical (unpaired) electrons. The first-order valence-corrected chi connectivity index (χ1v) is 8.46. The highest BCUT2D eigenvalue weighted by molar-refractivity contribution is 7.07. The summed E-state index contributed by atoms with van der Waals surface area (Å²) >= 11 is 7.50. The summed E-state index contributed by atoms with van der Waals surface area (Å²) in [7, 11) is 0. The van der Waals surface area contributed by atoms with Gasteiger partial charge in [0.25, 0.3) is 0 Å². The summed E-state index contributed by atoms with van der Waals surface area (Å²) in [5.74, 6) is -0.697. The van der Waals surface area contributed by atoms with Gasteiger partial charge in [-0.3, -0.25) is 9.69 Å². The normalized spacial score (nSPS) is 18.5. The summed E-state index contributed by atoms with van der Waals surface area (Å²) in [5, 5.41) is 7.17. The third-order valence-corrected chi connectivity index (χ3v) is 4.78. The average molecular weight is 339 g/mol. The van der Waals surface area contributed by atoms with Gasteiger partial charge in [-0.05, 0) is 60.0 Å². The molecule has 1 fully saturated rings. The highest BCUT2D eigenvalue weighted by Gasteiger charge is 2.27. The number of amides is 1. The number of benzene rings is 1. The molecule has 0 saturated carbocycles. The second-order valence-corrected chi connectivity index (χ2v) is 6.57. The summed E-state index contributed by atoms with van der Waals surface area (Å²) in [6, 6.07) is 6.51. The zero-order valence-corrected chi connectivity index (χ0v) is 13.5. The number of carbonyl (C=O) groups excluding carboxylic acids is 1. The predicted octanol–water partition coefficient (Wildman–Crippen LogP) is 4.32. The Morgan fingerprint density at radius 1 is 1.45 bits per heavy atom. The highest BCUT2D eigenvalue weighted by Crippen LogP contribution is 2.32. The summed E-state index contributed by atoms with van der Waals surface area (Å²) in [4.78, 5) is 14.3. The van der Waals surface area contributed by atoms with E-state index in [9.17, 15) is 9.18 Å². The Bertz CT molecular complexity index is 662. The maximum atomic E-state index is 13.7. The van der Waals surface area contributed by atoms with Crippen molar-refractivity contribution in [2.45, 2.75) is 18.9 Å². The molecule has 0 bridgehead atoms. The Kier molecular flexibility index (Phi) is 4.76. The van der Waals surface area contributed by atoms with Crippen LogP contribution in [0, 0.1) is 5.82 Å². The van der Waals surface area contributed by atoms with Crippen LogP contribution in [0.15, 0.2) is 35.0 Å². The first-order valence-electron chi connectivity index (χ1n) is 7.14. The van der Waals surface area contributed by atoms with Crippen LogP contribution in [-0.2, 0) is 4.79 Å². The van der Waals surface area contributed by atoms with Crippen molar-refractivity contribution in [3.05, 3.63) is 51.4 Å². The van der Waals surface area contributed by atoms with Crippen molar-refractivity contribution < 1.29 is 9.18 Å². The van der Waals surface area contributed by atoms with Gasteiger partial charge in [-0.1, -0.05) is 11.6 Å². The van der Waals surface area contributed by atoms with Crippen LogP contribution in [0.4, 0.5) is 10.1 Å². The Hall–Kier alpha value is -1.43. The topological polar surface area (TPSA) is 32.3 Å². The number of hydrogen-bond acceptors (Lipinski definition) is 3. The van der Waals surface area contributed by atoms with Gasteiger partial charge in [0.15, 0.2) is 0 Å². The number of likely N-dealkylation sites (tertiary alicyclic amines) is 1. The van der Waals surface area contributed by atoms with Crippen LogP contribution < -0.4 is 5.32 Å². The zero-order chi connectivity index (χ0) is 15.5. The fourth-order valence-corrected chi connectivity index (χ4v) is 3.70. The second-order valence-electron chi connectivity index (χ2n) is 5.36. The maximum Gasteiger partial charge on any atom is 0.238 e. The number of rotatable bonds is 4. The van der Waals surface area contributed by atoms with Crippen LogP contribution >= 0.6 is 22.9 Å². The third-order valence-electron chi connectivity index (χ3n) is 3.84. The van der Waals surface area contributed by atoms with Crippen molar-refractivity contribution in [2.24, 2.45) is 0 Å². The Morgan fingerprint density at radius 3 is 3.09 bits per heavy atom. The smallest absolute Gasteiger partial charge is 0.238 e. The summed E-state index contributed by atoms with van der Waals surface area (Å²) < 4.78 is 13.7. The molecule has 1 aliphatic heterocycles. The molecule has 1 unspecified atom stereocenters. The number of nitrogens with zero attached hydrogens (tertiary/aromatic N) is 1. The van der Waals surface area contributed by atoms with Crippen LogP contribution in [0.25, 0.3) is 0 Å². The minimum absolute atomic E-state index is 0.129. The van der Waals surface area contributed by atoms with Gasteiger partial charge in [-0.15, -0.1) is 0 Å². The lowest BCUT2D eigenvalue weighted by Crippen LogP contribution is -2.33. The molecular formula is C16H16ClFN2OS. The Balaban J connectivity index is 1.65. The van der Waals surface area contributed by atoms with Crippen molar-refractivity contribution in [1.82, 2.24) is 4.90 Å². The monoisotopic (exact) mass is 338 g/mol. The molecule has 0 aliphatic carbocycles. The van der Waals surface area contributed by atoms with Crippen LogP contribution in [0.3, 0.4) is 0 Å². The molecule has 1 N–H and O–H groups in total. The minimum Gasteiger partial charge on any atom is -0.322 e. The van der Waals surface area contributed by atoms with Crippen molar-refractivity contribution in [1.29, 1.82) is 0 Å². The van der Waals surface area contributed by atoms with E-state index in [0.29, 0.717) is 5.02 Å². The van der Waals surface area contributed by atoms with Crippen molar-refractivity contribution >= 4 is 34.5 Å². The summed E-state index contributed by atoms with van der Waals surface area (Å²) in [6.07, 6.45) is 2.12. The van der Waals surface area contributed by atoms with Crippen LogP contribution in [0.1, 0.15) is 24.4 Å². The number of halogens is 2. The lowest BCUT2D eigenvalue weighted by atomic mass is 10.1. The largest absolute Gasteiger partial charge is 0.322 e. The molecule has 1 atom stereocenters. The molecule has 1 aromatic carbocycles. The fourth-order valence-electron chi connectivity index (χ4n) is 2.82. The van der Waals surface area contributed by atoms with E-state index in [2.05, 4.69) is 21.7 Å². The minimum atomic E-state index is -0.478. The van der Waals surface area contributed by atoms with E-state index in [1.165, 1.54) is 23.8 Å². The Labute approximate surface area is 137 Å². The Morgan fingerprint density at radius 2 is 2.32 bits per heavy atom. The molecule has 3 nitrogen and oxygen atoms in total. The molecule has 2 aromatic rings. The molecule has 6 heteroatoms. The van der Waals surface area contributed by atoms with Crippen LogP contribution in [0.2, 0.25) is 5.02 Å². The standard InChI is InChI=1S/C16H16ClFN2OS/c17-12-3-4-13(18)14(8-12)19-16(21)9-20-6-1-2-15(20)11-5-7-22-10-11/h3-5,7-8,10,15H,1-2,6,9H2,(H,19,21). The van der Waals surface area contributed by atoms with Crippen molar-refractivity contribution in [3.63, 3.8) is 0 Å². The number of nitrogens with one attached hydrogen (secondary N) is 1. The molecule has 3 rings (SSSR count). The third kappa shape index (κ3) is 3.48. The molecule has 116 valence electrons. The van der Waals surface area contributed by atoms with Gasteiger partial charge in [0.05, 0.1) is 12.2 Å². The summed E-state index contributed by atoms with van der Waals surface area (Å²) in [6.45, 7) is 1.14. The van der Waals surface area contributed by atoms with Crippen molar-refractivity contribution in [3.8, 4) is 0 Å². The van der Waals surface area contributed by atoms with Gasteiger partial charge in [0, 0.05) is 11.1 Å². The van der Waals surface area contributed by atoms with E-state index < -0.39 is 5.82 Å². The van der Waals surface area contributed by atoms with E-state index in [1.807, 2.05) is 5.38 Å². The van der Waals surface area contributed by atoms with Gasteiger partial charge in [-0.2, -0.15) is 11.3 Å². The quantitative estimate of drug-likeness (QED) is 0.900. The average Bonchev–Trinajstić information content (AvgIpc) is 3.13. The molecule has 1 saturated heterocycles.